The lowest BCUT2D eigenvalue weighted by Gasteiger charge is -2.22. The van der Waals surface area contributed by atoms with Gasteiger partial charge in [0, 0.05) is 10.7 Å². The molecule has 0 saturated heterocycles. The summed E-state index contributed by atoms with van der Waals surface area (Å²) < 4.78 is 0. The van der Waals surface area contributed by atoms with Crippen LogP contribution in [0.3, 0.4) is 0 Å². The second-order valence-corrected chi connectivity index (χ2v) is 7.15. The molecule has 0 bridgehead atoms. The van der Waals surface area contributed by atoms with E-state index in [1.165, 1.54) is 16.7 Å². The summed E-state index contributed by atoms with van der Waals surface area (Å²) >= 11 is 3.92. The first-order chi connectivity index (χ1) is 10.1. The fourth-order valence-corrected chi connectivity index (χ4v) is 3.84. The maximum atomic E-state index is 3.92. The number of rotatable bonds is 6. The summed E-state index contributed by atoms with van der Waals surface area (Å²) in [6, 6.07) is 19.9. The van der Waals surface area contributed by atoms with Gasteiger partial charge in [-0.2, -0.15) is 0 Å². The number of halogens is 1. The lowest BCUT2D eigenvalue weighted by Crippen LogP contribution is -2.05. The first-order valence-corrected chi connectivity index (χ1v) is 8.81. The molecule has 0 aliphatic rings. The van der Waals surface area contributed by atoms with Gasteiger partial charge in [-0.15, -0.1) is 0 Å². The van der Waals surface area contributed by atoms with Crippen LogP contribution >= 0.6 is 15.9 Å². The van der Waals surface area contributed by atoms with Gasteiger partial charge < -0.3 is 0 Å². The Bertz CT molecular complexity index is 528. The molecule has 0 fully saturated rings. The molecule has 2 unspecified atom stereocenters. The normalized spacial score (nSPS) is 14.1. The third-order valence-corrected chi connectivity index (χ3v) is 5.13. The SMILES string of the molecule is CCC(c1ccccc1)C(Br)c1ccc(CC(C)C)cc1. The van der Waals surface area contributed by atoms with Crippen molar-refractivity contribution in [1.29, 1.82) is 0 Å². The van der Waals surface area contributed by atoms with E-state index in [0.717, 1.165) is 12.8 Å². The van der Waals surface area contributed by atoms with E-state index in [-0.39, 0.29) is 0 Å². The molecule has 21 heavy (non-hydrogen) atoms. The van der Waals surface area contributed by atoms with E-state index in [1.54, 1.807) is 0 Å². The quantitative estimate of drug-likeness (QED) is 0.523. The van der Waals surface area contributed by atoms with Crippen molar-refractivity contribution < 1.29 is 0 Å². The van der Waals surface area contributed by atoms with E-state index < -0.39 is 0 Å². The molecular formula is C20H25Br. The highest BCUT2D eigenvalue weighted by atomic mass is 79.9. The van der Waals surface area contributed by atoms with E-state index in [4.69, 9.17) is 0 Å². The highest BCUT2D eigenvalue weighted by Crippen LogP contribution is 2.40. The minimum Gasteiger partial charge on any atom is -0.0832 e. The summed E-state index contributed by atoms with van der Waals surface area (Å²) in [4.78, 5) is 0.373. The Morgan fingerprint density at radius 1 is 0.857 bits per heavy atom. The highest BCUT2D eigenvalue weighted by Gasteiger charge is 2.20. The minimum atomic E-state index is 0.373. The Morgan fingerprint density at radius 3 is 2.00 bits per heavy atom. The van der Waals surface area contributed by atoms with Gasteiger partial charge in [0.2, 0.25) is 0 Å². The fraction of sp³-hybridized carbons (Fsp3) is 0.400. The van der Waals surface area contributed by atoms with Gasteiger partial charge >= 0.3 is 0 Å². The Kier molecular flexibility index (Phi) is 6.05. The monoisotopic (exact) mass is 344 g/mol. The molecule has 0 heterocycles. The molecule has 2 aromatic carbocycles. The predicted octanol–water partition coefficient (Wildman–Crippen LogP) is 6.51. The van der Waals surface area contributed by atoms with Crippen molar-refractivity contribution in [2.24, 2.45) is 5.92 Å². The average Bonchev–Trinajstić information content (AvgIpc) is 2.49. The number of hydrogen-bond donors (Lipinski definition) is 0. The maximum absolute atomic E-state index is 3.92. The van der Waals surface area contributed by atoms with Crippen molar-refractivity contribution in [3.63, 3.8) is 0 Å². The molecule has 2 atom stereocenters. The molecule has 1 heteroatoms. The number of hydrogen-bond acceptors (Lipinski definition) is 0. The largest absolute Gasteiger partial charge is 0.0832 e. The lowest BCUT2D eigenvalue weighted by atomic mass is 9.89. The zero-order chi connectivity index (χ0) is 15.2. The summed E-state index contributed by atoms with van der Waals surface area (Å²) in [5, 5.41) is 0. The van der Waals surface area contributed by atoms with Gasteiger partial charge in [-0.05, 0) is 35.4 Å². The first-order valence-electron chi connectivity index (χ1n) is 7.89. The highest BCUT2D eigenvalue weighted by molar-refractivity contribution is 9.09. The molecule has 2 aromatic rings. The smallest absolute Gasteiger partial charge is 0.0463 e. The first kappa shape index (κ1) is 16.3. The van der Waals surface area contributed by atoms with Crippen LogP contribution in [0.2, 0.25) is 0 Å². The summed E-state index contributed by atoms with van der Waals surface area (Å²) in [5.74, 6) is 1.23. The Labute approximate surface area is 137 Å². The van der Waals surface area contributed by atoms with Crippen LogP contribution in [0.25, 0.3) is 0 Å². The van der Waals surface area contributed by atoms with Crippen molar-refractivity contribution in [2.45, 2.75) is 44.4 Å². The van der Waals surface area contributed by atoms with Crippen LogP contribution in [-0.2, 0) is 6.42 Å². The Balaban J connectivity index is 2.16. The van der Waals surface area contributed by atoms with Crippen molar-refractivity contribution in [3.8, 4) is 0 Å². The van der Waals surface area contributed by atoms with Crippen LogP contribution in [0, 0.1) is 5.92 Å². The molecule has 0 N–H and O–H groups in total. The van der Waals surface area contributed by atoms with Crippen LogP contribution in [0.5, 0.6) is 0 Å². The van der Waals surface area contributed by atoms with Crippen LogP contribution < -0.4 is 0 Å². The van der Waals surface area contributed by atoms with Crippen LogP contribution in [0.1, 0.15) is 54.6 Å². The van der Waals surface area contributed by atoms with Gasteiger partial charge in [0.25, 0.3) is 0 Å². The minimum absolute atomic E-state index is 0.373. The molecular weight excluding hydrogens is 320 g/mol. The molecule has 0 saturated carbocycles. The Hall–Kier alpha value is -1.08. The van der Waals surface area contributed by atoms with E-state index in [2.05, 4.69) is 91.3 Å². The van der Waals surface area contributed by atoms with Gasteiger partial charge in [-0.3, -0.25) is 0 Å². The van der Waals surface area contributed by atoms with E-state index in [0.29, 0.717) is 16.7 Å². The molecule has 0 aromatic heterocycles. The summed E-state index contributed by atoms with van der Waals surface area (Å²) in [6.45, 7) is 6.80. The molecule has 0 spiro atoms. The van der Waals surface area contributed by atoms with Crippen LogP contribution in [0.15, 0.2) is 54.6 Å². The second kappa shape index (κ2) is 7.79. The summed E-state index contributed by atoms with van der Waals surface area (Å²) in [6.07, 6.45) is 2.29. The van der Waals surface area contributed by atoms with Crippen molar-refractivity contribution in [2.75, 3.05) is 0 Å². The van der Waals surface area contributed by atoms with Crippen LogP contribution in [0.4, 0.5) is 0 Å². The topological polar surface area (TPSA) is 0 Å². The molecule has 0 nitrogen and oxygen atoms in total. The van der Waals surface area contributed by atoms with Gasteiger partial charge in [-0.1, -0.05) is 91.3 Å². The third kappa shape index (κ3) is 4.44. The third-order valence-electron chi connectivity index (χ3n) is 3.96. The van der Waals surface area contributed by atoms with E-state index in [9.17, 15) is 0 Å². The molecule has 2 rings (SSSR count). The van der Waals surface area contributed by atoms with Crippen molar-refractivity contribution in [3.05, 3.63) is 71.3 Å². The van der Waals surface area contributed by atoms with Gasteiger partial charge in [0.05, 0.1) is 0 Å². The van der Waals surface area contributed by atoms with Crippen LogP contribution in [-0.4, -0.2) is 0 Å². The van der Waals surface area contributed by atoms with Gasteiger partial charge in [0.1, 0.15) is 0 Å². The maximum Gasteiger partial charge on any atom is 0.0463 e. The van der Waals surface area contributed by atoms with E-state index >= 15 is 0 Å². The lowest BCUT2D eigenvalue weighted by molar-refractivity contribution is 0.643. The molecule has 0 aliphatic carbocycles. The average molecular weight is 345 g/mol. The molecule has 0 radical (unpaired) electrons. The number of alkyl halides is 1. The van der Waals surface area contributed by atoms with Crippen molar-refractivity contribution in [1.82, 2.24) is 0 Å². The standard InChI is InChI=1S/C20H25Br/c1-4-19(17-8-6-5-7-9-17)20(21)18-12-10-16(11-13-18)14-15(2)3/h5-13,15,19-20H,4,14H2,1-3H3. The second-order valence-electron chi connectivity index (χ2n) is 6.17. The summed E-state index contributed by atoms with van der Waals surface area (Å²) in [7, 11) is 0. The molecule has 0 amide bonds. The van der Waals surface area contributed by atoms with Gasteiger partial charge in [-0.25, -0.2) is 0 Å². The summed E-state index contributed by atoms with van der Waals surface area (Å²) in [5.41, 5.74) is 4.22. The van der Waals surface area contributed by atoms with E-state index in [1.807, 2.05) is 0 Å². The number of benzene rings is 2. The zero-order valence-corrected chi connectivity index (χ0v) is 14.8. The van der Waals surface area contributed by atoms with Crippen molar-refractivity contribution >= 4 is 15.9 Å². The fourth-order valence-electron chi connectivity index (χ4n) is 2.85. The predicted molar refractivity (Wildman–Crippen MR) is 96.1 cm³/mol. The zero-order valence-electron chi connectivity index (χ0n) is 13.2. The van der Waals surface area contributed by atoms with Gasteiger partial charge in [0.15, 0.2) is 0 Å². The Morgan fingerprint density at radius 2 is 1.48 bits per heavy atom. The molecule has 0 aliphatic heterocycles. The molecule has 112 valence electrons.